The van der Waals surface area contributed by atoms with E-state index in [2.05, 4.69) is 16.0 Å². The van der Waals surface area contributed by atoms with Gasteiger partial charge in [0.05, 0.1) is 6.61 Å². The summed E-state index contributed by atoms with van der Waals surface area (Å²) >= 11 is 24.8. The number of carbonyl (C=O) groups is 2. The third-order valence-electron chi connectivity index (χ3n) is 4.14. The number of alkyl halides is 3. The van der Waals surface area contributed by atoms with Crippen molar-refractivity contribution in [2.45, 2.75) is 37.7 Å². The van der Waals surface area contributed by atoms with Crippen LogP contribution in [0.4, 0.5) is 5.00 Å². The predicted octanol–water partition coefficient (Wildman–Crippen LogP) is 5.74. The fourth-order valence-corrected chi connectivity index (χ4v) is 4.08. The largest absolute Gasteiger partial charge is 0.462 e. The number of thiophene rings is 1. The molecule has 0 fully saturated rings. The number of carbonyl (C=O) groups excluding carboxylic acids is 2. The van der Waals surface area contributed by atoms with Crippen LogP contribution in [0.5, 0.6) is 0 Å². The van der Waals surface area contributed by atoms with E-state index in [0.29, 0.717) is 16.1 Å². The molecule has 0 radical (unpaired) electrons. The van der Waals surface area contributed by atoms with Gasteiger partial charge in [0.2, 0.25) is 9.70 Å². The fraction of sp³-hybridized carbons (Fsp3) is 0.381. The van der Waals surface area contributed by atoms with Crippen molar-refractivity contribution in [1.29, 1.82) is 0 Å². The molecule has 6 nitrogen and oxygen atoms in total. The molecule has 11 heteroatoms. The Hall–Kier alpha value is -1.58. The Morgan fingerprint density at radius 2 is 1.75 bits per heavy atom. The van der Waals surface area contributed by atoms with Gasteiger partial charge >= 0.3 is 5.97 Å². The number of thiocarbonyl (C=S) groups is 1. The van der Waals surface area contributed by atoms with Gasteiger partial charge in [0.15, 0.2) is 5.11 Å². The lowest BCUT2D eigenvalue weighted by molar-refractivity contribution is -0.129. The summed E-state index contributed by atoms with van der Waals surface area (Å²) in [6.07, 6.45) is -1.11. The summed E-state index contributed by atoms with van der Waals surface area (Å²) in [6.45, 7) is 7.15. The summed E-state index contributed by atoms with van der Waals surface area (Å²) in [5.74, 6) is -0.823. The van der Waals surface area contributed by atoms with Crippen molar-refractivity contribution in [2.75, 3.05) is 11.9 Å². The number of halogens is 3. The van der Waals surface area contributed by atoms with Crippen LogP contribution in [-0.2, 0) is 9.53 Å². The van der Waals surface area contributed by atoms with Crippen LogP contribution in [0.3, 0.4) is 0 Å². The van der Waals surface area contributed by atoms with E-state index in [1.807, 2.05) is 35.7 Å². The Morgan fingerprint density at radius 1 is 1.12 bits per heavy atom. The molecular formula is C21H24Cl3N3O3S2. The Bertz CT molecular complexity index is 970. The average Bonchev–Trinajstić information content (AvgIpc) is 3.10. The lowest BCUT2D eigenvalue weighted by atomic mass is 9.95. The molecule has 0 aliphatic heterocycles. The smallest absolute Gasteiger partial charge is 0.341 e. The van der Waals surface area contributed by atoms with Gasteiger partial charge in [-0.15, -0.1) is 11.3 Å². The monoisotopic (exact) mass is 535 g/mol. The predicted molar refractivity (Wildman–Crippen MR) is 137 cm³/mol. The van der Waals surface area contributed by atoms with Crippen LogP contribution in [-0.4, -0.2) is 33.6 Å². The van der Waals surface area contributed by atoms with Crippen molar-refractivity contribution in [1.82, 2.24) is 10.6 Å². The molecule has 1 atom stereocenters. The van der Waals surface area contributed by atoms with E-state index in [0.717, 1.165) is 5.56 Å². The maximum absolute atomic E-state index is 12.7. The number of hydrogen-bond donors (Lipinski definition) is 3. The van der Waals surface area contributed by atoms with Crippen molar-refractivity contribution in [2.24, 2.45) is 5.41 Å². The van der Waals surface area contributed by atoms with Crippen molar-refractivity contribution in [3.63, 3.8) is 0 Å². The van der Waals surface area contributed by atoms with Crippen molar-refractivity contribution >= 4 is 80.3 Å². The van der Waals surface area contributed by atoms with Gasteiger partial charge in [0, 0.05) is 16.4 Å². The van der Waals surface area contributed by atoms with Gasteiger partial charge in [-0.3, -0.25) is 4.79 Å². The second-order valence-corrected chi connectivity index (χ2v) is 11.4. The standard InChI is InChI=1S/C21H24Cl3N3O3S2/c1-5-30-16(28)14-13(12-9-7-6-8-10-12)11-32-15(14)25-19(31)27-17(21(22,23)24)26-18(29)20(2,3)4/h6-11,17H,5H2,1-4H3,(H,26,29)(H2,25,27,31). The summed E-state index contributed by atoms with van der Waals surface area (Å²) in [6, 6.07) is 9.44. The van der Waals surface area contributed by atoms with Crippen molar-refractivity contribution < 1.29 is 14.3 Å². The maximum atomic E-state index is 12.7. The van der Waals surface area contributed by atoms with E-state index in [-0.39, 0.29) is 17.6 Å². The first kappa shape index (κ1) is 26.7. The zero-order chi connectivity index (χ0) is 24.1. The first-order chi connectivity index (χ1) is 14.8. The quantitative estimate of drug-likeness (QED) is 0.189. The summed E-state index contributed by atoms with van der Waals surface area (Å²) in [5, 5.41) is 10.8. The molecule has 1 amide bonds. The maximum Gasteiger partial charge on any atom is 0.341 e. The third kappa shape index (κ3) is 7.22. The molecule has 174 valence electrons. The molecule has 0 saturated heterocycles. The molecule has 0 spiro atoms. The van der Waals surface area contributed by atoms with Gasteiger partial charge in [-0.1, -0.05) is 85.9 Å². The Labute approximate surface area is 211 Å². The van der Waals surface area contributed by atoms with Crippen LogP contribution in [0.1, 0.15) is 38.1 Å². The summed E-state index contributed by atoms with van der Waals surface area (Å²) < 4.78 is 3.35. The number of hydrogen-bond acceptors (Lipinski definition) is 5. The molecular weight excluding hydrogens is 513 g/mol. The average molecular weight is 537 g/mol. The van der Waals surface area contributed by atoms with Gasteiger partial charge in [0.25, 0.3) is 0 Å². The molecule has 0 bridgehead atoms. The van der Waals surface area contributed by atoms with E-state index in [1.54, 1.807) is 27.7 Å². The van der Waals surface area contributed by atoms with E-state index in [4.69, 9.17) is 51.8 Å². The molecule has 1 aromatic carbocycles. The van der Waals surface area contributed by atoms with Crippen LogP contribution in [0.25, 0.3) is 11.1 Å². The van der Waals surface area contributed by atoms with Crippen molar-refractivity contribution in [3.8, 4) is 11.1 Å². The number of amides is 1. The molecule has 0 aliphatic rings. The minimum absolute atomic E-state index is 0.0579. The fourth-order valence-electron chi connectivity index (χ4n) is 2.50. The van der Waals surface area contributed by atoms with Crippen LogP contribution < -0.4 is 16.0 Å². The number of nitrogens with one attached hydrogen (secondary N) is 3. The van der Waals surface area contributed by atoms with E-state index >= 15 is 0 Å². The topological polar surface area (TPSA) is 79.5 Å². The van der Waals surface area contributed by atoms with Crippen molar-refractivity contribution in [3.05, 3.63) is 41.3 Å². The normalized spacial score (nSPS) is 12.6. The second kappa shape index (κ2) is 11.0. The Balaban J connectivity index is 2.28. The second-order valence-electron chi connectivity index (χ2n) is 7.74. The highest BCUT2D eigenvalue weighted by atomic mass is 35.6. The zero-order valence-electron chi connectivity index (χ0n) is 17.9. The highest BCUT2D eigenvalue weighted by Crippen LogP contribution is 2.36. The number of ether oxygens (including phenoxy) is 1. The number of esters is 1. The molecule has 32 heavy (non-hydrogen) atoms. The van der Waals surface area contributed by atoms with Crippen LogP contribution >= 0.6 is 58.4 Å². The Morgan fingerprint density at radius 3 is 2.28 bits per heavy atom. The molecule has 2 rings (SSSR count). The number of anilines is 1. The molecule has 0 aliphatic carbocycles. The minimum Gasteiger partial charge on any atom is -0.462 e. The van der Waals surface area contributed by atoms with Crippen LogP contribution in [0.2, 0.25) is 0 Å². The highest BCUT2D eigenvalue weighted by molar-refractivity contribution is 7.80. The summed E-state index contributed by atoms with van der Waals surface area (Å²) in [7, 11) is 0. The summed E-state index contributed by atoms with van der Waals surface area (Å²) in [4.78, 5) is 25.1. The SMILES string of the molecule is CCOC(=O)c1c(-c2ccccc2)csc1NC(=S)NC(NC(=O)C(C)(C)C)C(Cl)(Cl)Cl. The van der Waals surface area contributed by atoms with Crippen LogP contribution in [0.15, 0.2) is 35.7 Å². The molecule has 3 N–H and O–H groups in total. The third-order valence-corrected chi connectivity index (χ3v) is 5.91. The van der Waals surface area contributed by atoms with E-state index in [1.165, 1.54) is 11.3 Å². The van der Waals surface area contributed by atoms with Gasteiger partial charge in [-0.05, 0) is 24.7 Å². The molecule has 0 saturated carbocycles. The molecule has 1 unspecified atom stereocenters. The number of benzene rings is 1. The molecule has 2 aromatic rings. The van der Waals surface area contributed by atoms with Crippen LogP contribution in [0, 0.1) is 5.41 Å². The zero-order valence-corrected chi connectivity index (χ0v) is 21.8. The lowest BCUT2D eigenvalue weighted by Gasteiger charge is -2.30. The van der Waals surface area contributed by atoms with Gasteiger partial charge in [0.1, 0.15) is 16.7 Å². The number of rotatable bonds is 6. The summed E-state index contributed by atoms with van der Waals surface area (Å²) in [5.41, 5.74) is 1.20. The lowest BCUT2D eigenvalue weighted by Crippen LogP contribution is -2.58. The van der Waals surface area contributed by atoms with Gasteiger partial charge in [-0.25, -0.2) is 4.79 Å². The van der Waals surface area contributed by atoms with Gasteiger partial charge < -0.3 is 20.7 Å². The van der Waals surface area contributed by atoms with E-state index < -0.39 is 21.3 Å². The Kier molecular flexibility index (Phi) is 9.19. The molecule has 1 heterocycles. The van der Waals surface area contributed by atoms with E-state index in [9.17, 15) is 9.59 Å². The first-order valence-electron chi connectivity index (χ1n) is 9.63. The minimum atomic E-state index is -1.89. The molecule has 1 aromatic heterocycles. The first-order valence-corrected chi connectivity index (χ1v) is 12.1. The highest BCUT2D eigenvalue weighted by Gasteiger charge is 2.37. The van der Waals surface area contributed by atoms with Gasteiger partial charge in [-0.2, -0.15) is 0 Å².